The Morgan fingerprint density at radius 2 is 1.78 bits per heavy atom. The zero-order valence-corrected chi connectivity index (χ0v) is 20.8. The number of benzene rings is 3. The third kappa shape index (κ3) is 8.32. The average Bonchev–Trinajstić information content (AvgIpc) is 2.89. The van der Waals surface area contributed by atoms with Gasteiger partial charge in [-0.2, -0.15) is 5.10 Å². The van der Waals surface area contributed by atoms with Gasteiger partial charge in [0.2, 0.25) is 0 Å². The molecule has 1 N–H and O–H groups in total. The van der Waals surface area contributed by atoms with E-state index in [2.05, 4.69) is 17.5 Å². The molecule has 1 amide bonds. The highest BCUT2D eigenvalue weighted by Crippen LogP contribution is 2.28. The number of nitrogens with zero attached hydrogens (tertiary/aromatic N) is 1. The first kappa shape index (κ1) is 26.6. The lowest BCUT2D eigenvalue weighted by molar-refractivity contribution is -0.123. The molecule has 0 saturated carbocycles. The summed E-state index contributed by atoms with van der Waals surface area (Å²) >= 11 is 5.88. The van der Waals surface area contributed by atoms with E-state index in [0.717, 1.165) is 12.8 Å². The molecule has 3 aromatic rings. The number of carbonyl (C=O) groups is 2. The quantitative estimate of drug-likeness (QED) is 0.117. The van der Waals surface area contributed by atoms with E-state index in [9.17, 15) is 9.59 Å². The van der Waals surface area contributed by atoms with Crippen molar-refractivity contribution in [2.45, 2.75) is 19.8 Å². The Labute approximate surface area is 214 Å². The Balaban J connectivity index is 1.53. The standard InChI is InChI=1S/C27H27ClN2O6/c1-3-4-14-34-22-11-9-20(10-12-22)27(32)36-24-13-8-19(15-25(24)33-2)17-29-30-26(31)18-35-23-7-5-6-21(28)16-23/h5-13,15-17H,3-4,14,18H2,1-2H3,(H,30,31). The van der Waals surface area contributed by atoms with Crippen LogP contribution in [0.4, 0.5) is 0 Å². The molecule has 0 saturated heterocycles. The number of hydrogen-bond acceptors (Lipinski definition) is 7. The summed E-state index contributed by atoms with van der Waals surface area (Å²) in [5, 5.41) is 4.43. The molecule has 0 bridgehead atoms. The molecule has 0 spiro atoms. The van der Waals surface area contributed by atoms with Gasteiger partial charge in [0.15, 0.2) is 18.1 Å². The van der Waals surface area contributed by atoms with Crippen LogP contribution >= 0.6 is 11.6 Å². The number of esters is 1. The highest BCUT2D eigenvalue weighted by Gasteiger charge is 2.13. The molecule has 8 nitrogen and oxygen atoms in total. The molecule has 0 fully saturated rings. The fourth-order valence-electron chi connectivity index (χ4n) is 2.95. The minimum Gasteiger partial charge on any atom is -0.494 e. The van der Waals surface area contributed by atoms with Crippen LogP contribution in [0.5, 0.6) is 23.0 Å². The van der Waals surface area contributed by atoms with E-state index < -0.39 is 11.9 Å². The van der Waals surface area contributed by atoms with Gasteiger partial charge >= 0.3 is 5.97 Å². The van der Waals surface area contributed by atoms with Crippen molar-refractivity contribution < 1.29 is 28.5 Å². The van der Waals surface area contributed by atoms with Crippen molar-refractivity contribution >= 4 is 29.7 Å². The van der Waals surface area contributed by atoms with E-state index in [0.29, 0.717) is 40.0 Å². The molecule has 9 heteroatoms. The summed E-state index contributed by atoms with van der Waals surface area (Å²) in [6, 6.07) is 18.4. The van der Waals surface area contributed by atoms with E-state index in [1.807, 2.05) is 0 Å². The van der Waals surface area contributed by atoms with Crippen LogP contribution in [0.2, 0.25) is 5.02 Å². The van der Waals surface area contributed by atoms with E-state index in [1.54, 1.807) is 66.7 Å². The number of amides is 1. The molecule has 3 rings (SSSR count). The van der Waals surface area contributed by atoms with Crippen LogP contribution in [0.15, 0.2) is 71.8 Å². The van der Waals surface area contributed by atoms with Crippen LogP contribution in [0, 0.1) is 0 Å². The van der Waals surface area contributed by atoms with Crippen LogP contribution in [0.3, 0.4) is 0 Å². The summed E-state index contributed by atoms with van der Waals surface area (Å²) in [7, 11) is 1.46. The highest BCUT2D eigenvalue weighted by molar-refractivity contribution is 6.30. The fraction of sp³-hybridized carbons (Fsp3) is 0.222. The Kier molecular flexibility index (Phi) is 10.1. The first-order valence-electron chi connectivity index (χ1n) is 11.3. The number of rotatable bonds is 12. The van der Waals surface area contributed by atoms with Crippen molar-refractivity contribution in [1.29, 1.82) is 0 Å². The molecule has 0 heterocycles. The third-order valence-corrected chi connectivity index (χ3v) is 5.05. The van der Waals surface area contributed by atoms with E-state index in [1.165, 1.54) is 13.3 Å². The van der Waals surface area contributed by atoms with E-state index in [-0.39, 0.29) is 12.4 Å². The van der Waals surface area contributed by atoms with E-state index in [4.69, 9.17) is 30.5 Å². The molecule has 188 valence electrons. The monoisotopic (exact) mass is 510 g/mol. The lowest BCUT2D eigenvalue weighted by atomic mass is 10.2. The molecular weight excluding hydrogens is 484 g/mol. The maximum atomic E-state index is 12.6. The normalized spacial score (nSPS) is 10.6. The van der Waals surface area contributed by atoms with Crippen LogP contribution < -0.4 is 24.4 Å². The number of halogens is 1. The van der Waals surface area contributed by atoms with Gasteiger partial charge in [-0.1, -0.05) is 31.0 Å². The summed E-state index contributed by atoms with van der Waals surface area (Å²) in [4.78, 5) is 24.5. The predicted molar refractivity (Wildman–Crippen MR) is 137 cm³/mol. The van der Waals surface area contributed by atoms with Gasteiger partial charge in [0.25, 0.3) is 5.91 Å². The molecule has 0 aliphatic carbocycles. The summed E-state index contributed by atoms with van der Waals surface area (Å²) < 4.78 is 21.8. The maximum absolute atomic E-state index is 12.6. The highest BCUT2D eigenvalue weighted by atomic mass is 35.5. The number of carbonyl (C=O) groups excluding carboxylic acids is 2. The number of hydrogen-bond donors (Lipinski definition) is 1. The second-order valence-electron chi connectivity index (χ2n) is 7.57. The maximum Gasteiger partial charge on any atom is 0.343 e. The molecule has 0 aliphatic rings. The summed E-state index contributed by atoms with van der Waals surface area (Å²) in [5.74, 6) is 0.800. The van der Waals surface area contributed by atoms with Gasteiger partial charge in [0, 0.05) is 5.02 Å². The van der Waals surface area contributed by atoms with Gasteiger partial charge in [-0.15, -0.1) is 0 Å². The lowest BCUT2D eigenvalue weighted by Crippen LogP contribution is -2.24. The third-order valence-electron chi connectivity index (χ3n) is 4.82. The second kappa shape index (κ2) is 13.7. The minimum absolute atomic E-state index is 0.220. The molecule has 0 atom stereocenters. The SMILES string of the molecule is CCCCOc1ccc(C(=O)Oc2ccc(C=NNC(=O)COc3cccc(Cl)c3)cc2OC)cc1. The minimum atomic E-state index is -0.526. The smallest absolute Gasteiger partial charge is 0.343 e. The molecule has 36 heavy (non-hydrogen) atoms. The van der Waals surface area contributed by atoms with Gasteiger partial charge in [0.1, 0.15) is 11.5 Å². The fourth-order valence-corrected chi connectivity index (χ4v) is 3.13. The number of unbranched alkanes of at least 4 members (excludes halogenated alkanes) is 1. The zero-order valence-electron chi connectivity index (χ0n) is 20.0. The second-order valence-corrected chi connectivity index (χ2v) is 8.00. The first-order valence-corrected chi connectivity index (χ1v) is 11.7. The predicted octanol–water partition coefficient (Wildman–Crippen LogP) is 5.28. The van der Waals surface area contributed by atoms with Crippen LogP contribution in [-0.4, -0.2) is 38.4 Å². The Bertz CT molecular complexity index is 1200. The van der Waals surface area contributed by atoms with Crippen molar-refractivity contribution in [3.05, 3.63) is 82.9 Å². The molecular formula is C27H27ClN2O6. The number of nitrogens with one attached hydrogen (secondary N) is 1. The van der Waals surface area contributed by atoms with Gasteiger partial charge in [0.05, 0.1) is 25.5 Å². The molecule has 0 aliphatic heterocycles. The topological polar surface area (TPSA) is 95.5 Å². The van der Waals surface area contributed by atoms with Gasteiger partial charge in [-0.25, -0.2) is 10.2 Å². The first-order chi connectivity index (χ1) is 17.5. The zero-order chi connectivity index (χ0) is 25.8. The summed E-state index contributed by atoms with van der Waals surface area (Å²) in [5.41, 5.74) is 3.38. The Morgan fingerprint density at radius 1 is 0.972 bits per heavy atom. The molecule has 0 aromatic heterocycles. The number of ether oxygens (including phenoxy) is 4. The van der Waals surface area contributed by atoms with Crippen LogP contribution in [0.1, 0.15) is 35.7 Å². The van der Waals surface area contributed by atoms with Crippen LogP contribution in [-0.2, 0) is 4.79 Å². The largest absolute Gasteiger partial charge is 0.494 e. The Morgan fingerprint density at radius 3 is 2.50 bits per heavy atom. The van der Waals surface area contributed by atoms with E-state index >= 15 is 0 Å². The average molecular weight is 511 g/mol. The van der Waals surface area contributed by atoms with Gasteiger partial charge in [-0.05, 0) is 72.6 Å². The summed E-state index contributed by atoms with van der Waals surface area (Å²) in [6.45, 7) is 2.50. The van der Waals surface area contributed by atoms with Gasteiger partial charge < -0.3 is 18.9 Å². The Hall–Kier alpha value is -4.04. The number of methoxy groups -OCH3 is 1. The van der Waals surface area contributed by atoms with Crippen molar-refractivity contribution in [2.24, 2.45) is 5.10 Å². The van der Waals surface area contributed by atoms with Crippen molar-refractivity contribution in [1.82, 2.24) is 5.43 Å². The van der Waals surface area contributed by atoms with Crippen LogP contribution in [0.25, 0.3) is 0 Å². The van der Waals surface area contributed by atoms with Crippen molar-refractivity contribution in [3.63, 3.8) is 0 Å². The molecule has 0 radical (unpaired) electrons. The number of hydrazone groups is 1. The molecule has 3 aromatic carbocycles. The van der Waals surface area contributed by atoms with Crippen molar-refractivity contribution in [3.8, 4) is 23.0 Å². The van der Waals surface area contributed by atoms with Gasteiger partial charge in [-0.3, -0.25) is 4.79 Å². The summed E-state index contributed by atoms with van der Waals surface area (Å²) in [6.07, 6.45) is 3.45. The van der Waals surface area contributed by atoms with Crippen molar-refractivity contribution in [2.75, 3.05) is 20.3 Å². The lowest BCUT2D eigenvalue weighted by Gasteiger charge is -2.10. The molecule has 0 unspecified atom stereocenters.